The molecule has 0 unspecified atom stereocenters. The average Bonchev–Trinajstić information content (AvgIpc) is 2.51. The molecule has 0 radical (unpaired) electrons. The Labute approximate surface area is 72.5 Å². The number of nitrogens with zero attached hydrogens (tertiary/aromatic N) is 2. The highest BCUT2D eigenvalue weighted by Gasteiger charge is 1.96. The predicted molar refractivity (Wildman–Crippen MR) is 47.4 cm³/mol. The first kappa shape index (κ1) is 7.16. The Balaban J connectivity index is 2.67. The van der Waals surface area contributed by atoms with E-state index in [1.807, 2.05) is 12.1 Å². The van der Waals surface area contributed by atoms with Gasteiger partial charge in [0.15, 0.2) is 0 Å². The highest BCUT2D eigenvalue weighted by molar-refractivity contribution is 7.13. The summed E-state index contributed by atoms with van der Waals surface area (Å²) in [5, 5.41) is 1.07. The smallest absolute Gasteiger partial charge is 0.211 e. The van der Waals surface area contributed by atoms with E-state index >= 15 is 0 Å². The fraction of sp³-hybridized carbons (Fsp3) is 0. The molecule has 2 rings (SSSR count). The van der Waals surface area contributed by atoms with Gasteiger partial charge in [-0.3, -0.25) is 0 Å². The molecule has 0 fully saturated rings. The van der Waals surface area contributed by atoms with Crippen LogP contribution in [0.4, 0.5) is 5.69 Å². The maximum Gasteiger partial charge on any atom is 0.240 e. The second kappa shape index (κ2) is 2.85. The molecule has 0 bridgehead atoms. The number of rotatable bonds is 1. The van der Waals surface area contributed by atoms with Crippen LogP contribution >= 0.6 is 11.5 Å². The van der Waals surface area contributed by atoms with Crippen LogP contribution < -0.4 is 0 Å². The molecule has 0 saturated heterocycles. The van der Waals surface area contributed by atoms with Gasteiger partial charge in [0.1, 0.15) is 0 Å². The zero-order valence-corrected chi connectivity index (χ0v) is 6.84. The average molecular weight is 176 g/mol. The van der Waals surface area contributed by atoms with Gasteiger partial charge in [0.25, 0.3) is 0 Å². The third-order valence-electron chi connectivity index (χ3n) is 1.51. The third-order valence-corrected chi connectivity index (χ3v) is 2.28. The van der Waals surface area contributed by atoms with Crippen LogP contribution in [-0.4, -0.2) is 10.5 Å². The van der Waals surface area contributed by atoms with Gasteiger partial charge in [-0.05, 0) is 29.7 Å². The highest BCUT2D eigenvalue weighted by atomic mass is 32.1. The minimum atomic E-state index is 0.627. The SMILES string of the molecule is O=C=Nc1ccc2cnsc2c1. The maximum atomic E-state index is 9.94. The molecule has 1 aromatic heterocycles. The monoisotopic (exact) mass is 176 g/mol. The van der Waals surface area contributed by atoms with Crippen molar-refractivity contribution >= 4 is 33.4 Å². The summed E-state index contributed by atoms with van der Waals surface area (Å²) in [5.41, 5.74) is 0.627. The summed E-state index contributed by atoms with van der Waals surface area (Å²) < 4.78 is 5.04. The summed E-state index contributed by atoms with van der Waals surface area (Å²) in [7, 11) is 0. The van der Waals surface area contributed by atoms with Gasteiger partial charge in [0, 0.05) is 11.6 Å². The molecule has 58 valence electrons. The zero-order chi connectivity index (χ0) is 8.39. The molecule has 0 aliphatic rings. The highest BCUT2D eigenvalue weighted by Crippen LogP contribution is 2.23. The topological polar surface area (TPSA) is 42.3 Å². The Morgan fingerprint density at radius 1 is 1.50 bits per heavy atom. The lowest BCUT2D eigenvalue weighted by atomic mass is 10.2. The largest absolute Gasteiger partial charge is 0.240 e. The normalized spacial score (nSPS) is 9.67. The van der Waals surface area contributed by atoms with Crippen LogP contribution in [0, 0.1) is 0 Å². The minimum Gasteiger partial charge on any atom is -0.211 e. The first-order chi connectivity index (χ1) is 5.90. The second-order valence-electron chi connectivity index (χ2n) is 2.25. The Morgan fingerprint density at radius 2 is 2.42 bits per heavy atom. The van der Waals surface area contributed by atoms with Gasteiger partial charge < -0.3 is 0 Å². The van der Waals surface area contributed by atoms with Crippen molar-refractivity contribution < 1.29 is 4.79 Å². The van der Waals surface area contributed by atoms with Crippen LogP contribution in [0.15, 0.2) is 29.4 Å². The lowest BCUT2D eigenvalue weighted by molar-refractivity contribution is 0.565. The number of carbonyl (C=O) groups excluding carboxylic acids is 1. The van der Waals surface area contributed by atoms with E-state index in [9.17, 15) is 4.79 Å². The van der Waals surface area contributed by atoms with Crippen molar-refractivity contribution in [3.8, 4) is 0 Å². The summed E-state index contributed by atoms with van der Waals surface area (Å²) in [6.45, 7) is 0. The number of hydrogen-bond donors (Lipinski definition) is 0. The van der Waals surface area contributed by atoms with Crippen LogP contribution in [0.25, 0.3) is 10.1 Å². The number of hydrogen-bond acceptors (Lipinski definition) is 4. The predicted octanol–water partition coefficient (Wildman–Crippen LogP) is 2.26. The van der Waals surface area contributed by atoms with E-state index in [4.69, 9.17) is 0 Å². The Hall–Kier alpha value is -1.51. The van der Waals surface area contributed by atoms with Crippen molar-refractivity contribution in [1.29, 1.82) is 0 Å². The second-order valence-corrected chi connectivity index (χ2v) is 3.08. The zero-order valence-electron chi connectivity index (χ0n) is 6.02. The van der Waals surface area contributed by atoms with E-state index in [0.29, 0.717) is 5.69 Å². The molecule has 3 nitrogen and oxygen atoms in total. The van der Waals surface area contributed by atoms with Crippen LogP contribution in [0.2, 0.25) is 0 Å². The number of aromatic nitrogens is 1. The third kappa shape index (κ3) is 1.13. The molecule has 0 amide bonds. The van der Waals surface area contributed by atoms with Crippen molar-refractivity contribution in [2.45, 2.75) is 0 Å². The fourth-order valence-corrected chi connectivity index (χ4v) is 1.65. The van der Waals surface area contributed by atoms with Crippen LogP contribution in [-0.2, 0) is 4.79 Å². The first-order valence-electron chi connectivity index (χ1n) is 3.32. The number of aliphatic imine (C=N–C) groups is 1. The lowest BCUT2D eigenvalue weighted by Crippen LogP contribution is -1.63. The van der Waals surface area contributed by atoms with Crippen molar-refractivity contribution in [1.82, 2.24) is 4.37 Å². The van der Waals surface area contributed by atoms with Crippen LogP contribution in [0.5, 0.6) is 0 Å². The molecule has 1 aromatic carbocycles. The molecule has 2 aromatic rings. The van der Waals surface area contributed by atoms with Crippen molar-refractivity contribution in [3.63, 3.8) is 0 Å². The molecule has 0 atom stereocenters. The van der Waals surface area contributed by atoms with E-state index in [1.165, 1.54) is 17.6 Å². The lowest BCUT2D eigenvalue weighted by Gasteiger charge is -1.88. The summed E-state index contributed by atoms with van der Waals surface area (Å²) in [4.78, 5) is 13.5. The van der Waals surface area contributed by atoms with Gasteiger partial charge in [0.05, 0.1) is 10.4 Å². The molecule has 12 heavy (non-hydrogen) atoms. The Morgan fingerprint density at radius 3 is 3.25 bits per heavy atom. The Kier molecular flexibility index (Phi) is 1.70. The molecule has 1 heterocycles. The van der Waals surface area contributed by atoms with E-state index in [2.05, 4.69) is 9.37 Å². The molecule has 0 aliphatic heterocycles. The minimum absolute atomic E-state index is 0.627. The molecule has 0 aliphatic carbocycles. The van der Waals surface area contributed by atoms with E-state index in [0.717, 1.165) is 10.1 Å². The molecular weight excluding hydrogens is 172 g/mol. The number of benzene rings is 1. The van der Waals surface area contributed by atoms with E-state index in [-0.39, 0.29) is 0 Å². The van der Waals surface area contributed by atoms with Gasteiger partial charge in [-0.15, -0.1) is 0 Å². The molecule has 0 saturated carbocycles. The number of fused-ring (bicyclic) bond motifs is 1. The van der Waals surface area contributed by atoms with Crippen LogP contribution in [0.1, 0.15) is 0 Å². The van der Waals surface area contributed by atoms with Gasteiger partial charge in [-0.2, -0.15) is 9.37 Å². The summed E-state index contributed by atoms with van der Waals surface area (Å²) in [5.74, 6) is 0. The fourth-order valence-electron chi connectivity index (χ4n) is 0.971. The molecular formula is C8H4N2OS. The van der Waals surface area contributed by atoms with Gasteiger partial charge in [-0.25, -0.2) is 4.79 Å². The standard InChI is InChI=1S/C8H4N2OS/c11-5-9-7-2-1-6-4-10-12-8(6)3-7/h1-4H. The Bertz CT molecular complexity index is 457. The van der Waals surface area contributed by atoms with E-state index in [1.54, 1.807) is 12.3 Å². The van der Waals surface area contributed by atoms with Crippen LogP contribution in [0.3, 0.4) is 0 Å². The summed E-state index contributed by atoms with van der Waals surface area (Å²) in [6, 6.07) is 5.47. The summed E-state index contributed by atoms with van der Waals surface area (Å²) in [6.07, 6.45) is 3.29. The van der Waals surface area contributed by atoms with Crippen molar-refractivity contribution in [2.24, 2.45) is 4.99 Å². The van der Waals surface area contributed by atoms with Crippen molar-refractivity contribution in [2.75, 3.05) is 0 Å². The molecule has 0 spiro atoms. The first-order valence-corrected chi connectivity index (χ1v) is 4.10. The van der Waals surface area contributed by atoms with Gasteiger partial charge >= 0.3 is 0 Å². The van der Waals surface area contributed by atoms with E-state index < -0.39 is 0 Å². The number of isocyanates is 1. The quantitative estimate of drug-likeness (QED) is 0.494. The van der Waals surface area contributed by atoms with Crippen molar-refractivity contribution in [3.05, 3.63) is 24.4 Å². The maximum absolute atomic E-state index is 9.94. The molecule has 4 heteroatoms. The molecule has 0 N–H and O–H groups in total. The summed E-state index contributed by atoms with van der Waals surface area (Å²) >= 11 is 1.39. The van der Waals surface area contributed by atoms with Gasteiger partial charge in [0.2, 0.25) is 6.08 Å². The van der Waals surface area contributed by atoms with Gasteiger partial charge in [-0.1, -0.05) is 0 Å².